The number of carbonyl (C=O) groups excluding carboxylic acids is 1. The van der Waals surface area contributed by atoms with Gasteiger partial charge in [0.15, 0.2) is 11.0 Å². The van der Waals surface area contributed by atoms with Crippen LogP contribution in [0.2, 0.25) is 5.02 Å². The lowest BCUT2D eigenvalue weighted by Gasteiger charge is -2.14. The van der Waals surface area contributed by atoms with Gasteiger partial charge in [-0.05, 0) is 37.6 Å². The predicted octanol–water partition coefficient (Wildman–Crippen LogP) is 4.60. The third-order valence-electron chi connectivity index (χ3n) is 4.44. The minimum atomic E-state index is -0.0566. The van der Waals surface area contributed by atoms with Crippen LogP contribution in [0.4, 0.5) is 0 Å². The zero-order chi connectivity index (χ0) is 20.8. The van der Waals surface area contributed by atoms with Crippen molar-refractivity contribution in [3.05, 3.63) is 59.1 Å². The highest BCUT2D eigenvalue weighted by atomic mass is 35.5. The second kappa shape index (κ2) is 9.80. The number of rotatable bonds is 8. The first kappa shape index (κ1) is 21.2. The summed E-state index contributed by atoms with van der Waals surface area (Å²) in [5, 5.41) is 12.9. The minimum absolute atomic E-state index is 0.0559. The molecule has 0 aliphatic rings. The van der Waals surface area contributed by atoms with Gasteiger partial charge < -0.3 is 14.6 Å². The second-order valence-electron chi connectivity index (χ2n) is 6.38. The van der Waals surface area contributed by atoms with Gasteiger partial charge in [-0.1, -0.05) is 53.7 Å². The topological polar surface area (TPSA) is 69.0 Å². The summed E-state index contributed by atoms with van der Waals surface area (Å²) in [4.78, 5) is 12.4. The van der Waals surface area contributed by atoms with Gasteiger partial charge in [0.1, 0.15) is 5.75 Å². The number of halogens is 1. The van der Waals surface area contributed by atoms with Gasteiger partial charge in [-0.2, -0.15) is 0 Å². The molecule has 0 saturated carbocycles. The van der Waals surface area contributed by atoms with Crippen LogP contribution in [0, 0.1) is 0 Å². The Morgan fingerprint density at radius 1 is 1.24 bits per heavy atom. The van der Waals surface area contributed by atoms with Crippen molar-refractivity contribution in [3.8, 4) is 17.1 Å². The van der Waals surface area contributed by atoms with Gasteiger partial charge in [-0.25, -0.2) is 0 Å². The third-order valence-corrected chi connectivity index (χ3v) is 5.65. The first-order valence-electron chi connectivity index (χ1n) is 9.27. The lowest BCUT2D eigenvalue weighted by atomic mass is 10.1. The Hall–Kier alpha value is -2.51. The lowest BCUT2D eigenvalue weighted by Crippen LogP contribution is -2.28. The van der Waals surface area contributed by atoms with E-state index in [-0.39, 0.29) is 17.7 Å². The molecule has 3 rings (SSSR count). The molecule has 2 aromatic carbocycles. The number of thioether (sulfide) groups is 1. The van der Waals surface area contributed by atoms with E-state index in [0.717, 1.165) is 11.1 Å². The summed E-state index contributed by atoms with van der Waals surface area (Å²) < 4.78 is 7.39. The number of carbonyl (C=O) groups is 1. The van der Waals surface area contributed by atoms with Gasteiger partial charge in [0.2, 0.25) is 5.91 Å². The Balaban J connectivity index is 1.71. The van der Waals surface area contributed by atoms with E-state index in [9.17, 15) is 4.79 Å². The van der Waals surface area contributed by atoms with E-state index in [1.807, 2.05) is 48.7 Å². The Bertz CT molecular complexity index is 978. The summed E-state index contributed by atoms with van der Waals surface area (Å²) in [5.74, 6) is 1.52. The van der Waals surface area contributed by atoms with Crippen LogP contribution in [-0.4, -0.2) is 33.5 Å². The van der Waals surface area contributed by atoms with Gasteiger partial charge in [-0.15, -0.1) is 10.2 Å². The predicted molar refractivity (Wildman–Crippen MR) is 116 cm³/mol. The molecule has 0 bridgehead atoms. The quantitative estimate of drug-likeness (QED) is 0.529. The van der Waals surface area contributed by atoms with E-state index < -0.39 is 0 Å². The highest BCUT2D eigenvalue weighted by Crippen LogP contribution is 2.33. The zero-order valence-electron chi connectivity index (χ0n) is 16.6. The van der Waals surface area contributed by atoms with Crippen molar-refractivity contribution in [2.75, 3.05) is 12.9 Å². The molecule has 3 aromatic rings. The fraction of sp³-hybridized carbons (Fsp3) is 0.286. The number of benzene rings is 2. The number of amides is 1. The first-order chi connectivity index (χ1) is 14.0. The SMILES string of the molecule is CCn1c(SCC(=O)NC(C)c2ccccc2)nnc1-c1cc(Cl)ccc1OC. The molecule has 1 aromatic heterocycles. The molecule has 1 N–H and O–H groups in total. The van der Waals surface area contributed by atoms with Crippen LogP contribution < -0.4 is 10.1 Å². The van der Waals surface area contributed by atoms with Crippen molar-refractivity contribution in [1.29, 1.82) is 0 Å². The molecule has 0 fully saturated rings. The van der Waals surface area contributed by atoms with E-state index in [2.05, 4.69) is 15.5 Å². The molecule has 29 heavy (non-hydrogen) atoms. The fourth-order valence-electron chi connectivity index (χ4n) is 2.97. The molecule has 6 nitrogen and oxygen atoms in total. The normalized spacial score (nSPS) is 11.9. The highest BCUT2D eigenvalue weighted by molar-refractivity contribution is 7.99. The first-order valence-corrected chi connectivity index (χ1v) is 10.6. The summed E-state index contributed by atoms with van der Waals surface area (Å²) >= 11 is 7.51. The van der Waals surface area contributed by atoms with Crippen LogP contribution >= 0.6 is 23.4 Å². The molecule has 0 aliphatic heterocycles. The second-order valence-corrected chi connectivity index (χ2v) is 7.76. The van der Waals surface area contributed by atoms with Crippen molar-refractivity contribution >= 4 is 29.3 Å². The van der Waals surface area contributed by atoms with Gasteiger partial charge in [0.05, 0.1) is 24.5 Å². The number of nitrogens with one attached hydrogen (secondary N) is 1. The molecule has 1 heterocycles. The average molecular weight is 431 g/mol. The van der Waals surface area contributed by atoms with E-state index in [1.165, 1.54) is 11.8 Å². The lowest BCUT2D eigenvalue weighted by molar-refractivity contribution is -0.119. The molecule has 8 heteroatoms. The van der Waals surface area contributed by atoms with Crippen LogP contribution in [0.1, 0.15) is 25.5 Å². The minimum Gasteiger partial charge on any atom is -0.496 e. The van der Waals surface area contributed by atoms with Crippen LogP contribution in [-0.2, 0) is 11.3 Å². The molecule has 1 unspecified atom stereocenters. The molecule has 0 aliphatic carbocycles. The fourth-order valence-corrected chi connectivity index (χ4v) is 3.96. The zero-order valence-corrected chi connectivity index (χ0v) is 18.1. The summed E-state index contributed by atoms with van der Waals surface area (Å²) in [6.07, 6.45) is 0. The maximum Gasteiger partial charge on any atom is 0.230 e. The number of methoxy groups -OCH3 is 1. The van der Waals surface area contributed by atoms with Gasteiger partial charge in [-0.3, -0.25) is 4.79 Å². The molecule has 152 valence electrons. The molecule has 1 amide bonds. The van der Waals surface area contributed by atoms with Crippen molar-refractivity contribution in [2.45, 2.75) is 31.6 Å². The van der Waals surface area contributed by atoms with E-state index in [4.69, 9.17) is 16.3 Å². The Kier molecular flexibility index (Phi) is 7.17. The van der Waals surface area contributed by atoms with Crippen molar-refractivity contribution in [2.24, 2.45) is 0 Å². The standard InChI is InChI=1S/C21H23ClN4O2S/c1-4-26-20(17-12-16(22)10-11-18(17)28-3)24-25-21(26)29-13-19(27)23-14(2)15-8-6-5-7-9-15/h5-12,14H,4,13H2,1-3H3,(H,23,27). The monoisotopic (exact) mass is 430 g/mol. The molecule has 0 spiro atoms. The van der Waals surface area contributed by atoms with Crippen molar-refractivity contribution in [3.63, 3.8) is 0 Å². The maximum absolute atomic E-state index is 12.4. The molecular formula is C21H23ClN4O2S. The van der Waals surface area contributed by atoms with E-state index in [1.54, 1.807) is 25.3 Å². The van der Waals surface area contributed by atoms with E-state index >= 15 is 0 Å². The van der Waals surface area contributed by atoms with Gasteiger partial charge >= 0.3 is 0 Å². The number of hydrogen-bond acceptors (Lipinski definition) is 5. The van der Waals surface area contributed by atoms with Crippen LogP contribution in [0.25, 0.3) is 11.4 Å². The summed E-state index contributed by atoms with van der Waals surface area (Å²) in [5.41, 5.74) is 1.83. The number of aromatic nitrogens is 3. The Morgan fingerprint density at radius 2 is 2.00 bits per heavy atom. The van der Waals surface area contributed by atoms with Gasteiger partial charge in [0.25, 0.3) is 0 Å². The van der Waals surface area contributed by atoms with Crippen molar-refractivity contribution in [1.82, 2.24) is 20.1 Å². The smallest absolute Gasteiger partial charge is 0.230 e. The summed E-state index contributed by atoms with van der Waals surface area (Å²) in [6.45, 7) is 4.63. The van der Waals surface area contributed by atoms with Crippen molar-refractivity contribution < 1.29 is 9.53 Å². The highest BCUT2D eigenvalue weighted by Gasteiger charge is 2.18. The molecular weight excluding hydrogens is 408 g/mol. The largest absolute Gasteiger partial charge is 0.496 e. The van der Waals surface area contributed by atoms with Crippen LogP contribution in [0.3, 0.4) is 0 Å². The average Bonchev–Trinajstić information content (AvgIpc) is 3.15. The third kappa shape index (κ3) is 5.10. The Morgan fingerprint density at radius 3 is 2.69 bits per heavy atom. The molecule has 0 radical (unpaired) electrons. The summed E-state index contributed by atoms with van der Waals surface area (Å²) in [6, 6.07) is 15.2. The number of ether oxygens (including phenoxy) is 1. The molecule has 1 atom stereocenters. The van der Waals surface area contributed by atoms with E-state index in [0.29, 0.717) is 28.3 Å². The van der Waals surface area contributed by atoms with Gasteiger partial charge in [0, 0.05) is 11.6 Å². The summed E-state index contributed by atoms with van der Waals surface area (Å²) in [7, 11) is 1.60. The van der Waals surface area contributed by atoms with Crippen LogP contribution in [0.15, 0.2) is 53.7 Å². The molecule has 0 saturated heterocycles. The Labute approximate surface area is 179 Å². The number of nitrogens with zero attached hydrogens (tertiary/aromatic N) is 3. The van der Waals surface area contributed by atoms with Crippen LogP contribution in [0.5, 0.6) is 5.75 Å². The maximum atomic E-state index is 12.4. The number of hydrogen-bond donors (Lipinski definition) is 1.